The van der Waals surface area contributed by atoms with E-state index in [0.29, 0.717) is 22.9 Å². The lowest BCUT2D eigenvalue weighted by Gasteiger charge is -2.13. The van der Waals surface area contributed by atoms with Gasteiger partial charge in [-0.3, -0.25) is 4.79 Å². The van der Waals surface area contributed by atoms with Gasteiger partial charge in [-0.15, -0.1) is 11.3 Å². The van der Waals surface area contributed by atoms with E-state index in [0.717, 1.165) is 29.3 Å². The van der Waals surface area contributed by atoms with Crippen molar-refractivity contribution in [3.05, 3.63) is 40.5 Å². The summed E-state index contributed by atoms with van der Waals surface area (Å²) < 4.78 is 11.4. The summed E-state index contributed by atoms with van der Waals surface area (Å²) in [7, 11) is 1.57. The first-order chi connectivity index (χ1) is 11.8. The lowest BCUT2D eigenvalue weighted by atomic mass is 9.97. The van der Waals surface area contributed by atoms with Gasteiger partial charge in [0.1, 0.15) is 17.4 Å². The van der Waals surface area contributed by atoms with Crippen LogP contribution in [-0.2, 0) is 12.8 Å². The fourth-order valence-electron chi connectivity index (χ4n) is 3.09. The number of carbonyl (C=O) groups is 1. The highest BCUT2D eigenvalue weighted by Gasteiger charge is 2.21. The molecule has 4 rings (SSSR count). The molecule has 2 aromatic heterocycles. The number of benzene rings is 1. The van der Waals surface area contributed by atoms with Crippen molar-refractivity contribution < 1.29 is 14.3 Å². The number of fused-ring (bicyclic) bond motifs is 3. The summed E-state index contributed by atoms with van der Waals surface area (Å²) in [6.07, 6.45) is 6.84. The van der Waals surface area contributed by atoms with Gasteiger partial charge >= 0.3 is 0 Å². The predicted octanol–water partition coefficient (Wildman–Crippen LogP) is 4.18. The van der Waals surface area contributed by atoms with Crippen LogP contribution in [0.2, 0.25) is 0 Å². The number of hydrogen-bond donors (Lipinski definition) is 0. The molecule has 5 nitrogen and oxygen atoms in total. The molecule has 0 amide bonds. The van der Waals surface area contributed by atoms with Crippen LogP contribution in [0, 0.1) is 0 Å². The van der Waals surface area contributed by atoms with E-state index in [4.69, 9.17) is 9.47 Å². The number of nitrogens with zero attached hydrogens (tertiary/aromatic N) is 2. The number of thiophene rings is 1. The summed E-state index contributed by atoms with van der Waals surface area (Å²) in [4.78, 5) is 22.1. The Morgan fingerprint density at radius 2 is 2.04 bits per heavy atom. The van der Waals surface area contributed by atoms with Crippen molar-refractivity contribution in [2.75, 3.05) is 7.11 Å². The minimum atomic E-state index is 0.484. The number of ether oxygens (including phenoxy) is 2. The number of aldehydes is 1. The molecule has 6 heteroatoms. The molecule has 1 aliphatic rings. The smallest absolute Gasteiger partial charge is 0.231 e. The first-order valence-corrected chi connectivity index (χ1v) is 8.68. The van der Waals surface area contributed by atoms with Gasteiger partial charge in [0, 0.05) is 10.4 Å². The van der Waals surface area contributed by atoms with Crippen LogP contribution >= 0.6 is 11.3 Å². The van der Waals surface area contributed by atoms with Crippen molar-refractivity contribution in [3.63, 3.8) is 0 Å². The molecule has 0 saturated heterocycles. The van der Waals surface area contributed by atoms with Gasteiger partial charge in [-0.25, -0.2) is 9.97 Å². The van der Waals surface area contributed by atoms with Crippen molar-refractivity contribution in [1.82, 2.24) is 9.97 Å². The van der Waals surface area contributed by atoms with Gasteiger partial charge < -0.3 is 9.47 Å². The van der Waals surface area contributed by atoms with Gasteiger partial charge in [-0.1, -0.05) is 0 Å². The minimum Gasteiger partial charge on any atom is -0.493 e. The number of carbonyl (C=O) groups excluding carboxylic acids is 1. The number of aryl methyl sites for hydroxylation is 2. The Kier molecular flexibility index (Phi) is 3.90. The monoisotopic (exact) mass is 340 g/mol. The first kappa shape index (κ1) is 15.1. The average molecular weight is 340 g/mol. The molecule has 1 aromatic carbocycles. The van der Waals surface area contributed by atoms with Crippen LogP contribution in [0.15, 0.2) is 24.5 Å². The number of rotatable bonds is 4. The van der Waals surface area contributed by atoms with E-state index in [1.807, 2.05) is 0 Å². The normalized spacial score (nSPS) is 13.5. The van der Waals surface area contributed by atoms with Gasteiger partial charge in [0.05, 0.1) is 12.5 Å². The highest BCUT2D eigenvalue weighted by Crippen LogP contribution is 2.41. The van der Waals surface area contributed by atoms with E-state index in [9.17, 15) is 4.79 Å². The maximum absolute atomic E-state index is 11.1. The second-order valence-corrected chi connectivity index (χ2v) is 6.78. The van der Waals surface area contributed by atoms with Crippen molar-refractivity contribution in [2.24, 2.45) is 0 Å². The van der Waals surface area contributed by atoms with E-state index in [1.165, 1.54) is 29.6 Å². The lowest BCUT2D eigenvalue weighted by molar-refractivity contribution is 0.112. The molecule has 24 heavy (non-hydrogen) atoms. The largest absolute Gasteiger partial charge is 0.493 e. The molecular formula is C18H16N2O3S. The number of methoxy groups -OCH3 is 1. The Balaban J connectivity index is 1.83. The van der Waals surface area contributed by atoms with Crippen molar-refractivity contribution >= 4 is 27.8 Å². The molecule has 1 aliphatic carbocycles. The quantitative estimate of drug-likeness (QED) is 0.667. The molecule has 0 atom stereocenters. The van der Waals surface area contributed by atoms with E-state index < -0.39 is 0 Å². The fourth-order valence-corrected chi connectivity index (χ4v) is 4.31. The van der Waals surface area contributed by atoms with Crippen LogP contribution in [-0.4, -0.2) is 23.4 Å². The van der Waals surface area contributed by atoms with Crippen LogP contribution in [0.1, 0.15) is 33.6 Å². The first-order valence-electron chi connectivity index (χ1n) is 7.86. The maximum atomic E-state index is 11.1. The third kappa shape index (κ3) is 2.53. The molecule has 3 aromatic rings. The van der Waals surface area contributed by atoms with Gasteiger partial charge in [0.2, 0.25) is 5.88 Å². The Morgan fingerprint density at radius 1 is 1.17 bits per heavy atom. The highest BCUT2D eigenvalue weighted by molar-refractivity contribution is 7.18. The third-order valence-corrected chi connectivity index (χ3v) is 5.45. The molecular weight excluding hydrogens is 324 g/mol. The summed E-state index contributed by atoms with van der Waals surface area (Å²) in [5.41, 5.74) is 1.84. The number of hydrogen-bond acceptors (Lipinski definition) is 6. The van der Waals surface area contributed by atoms with Gasteiger partial charge in [0.25, 0.3) is 0 Å². The Bertz CT molecular complexity index is 920. The van der Waals surface area contributed by atoms with Crippen LogP contribution in [0.3, 0.4) is 0 Å². The highest BCUT2D eigenvalue weighted by atomic mass is 32.1. The number of aromatic nitrogens is 2. The zero-order valence-electron chi connectivity index (χ0n) is 13.2. The molecule has 2 heterocycles. The lowest BCUT2D eigenvalue weighted by Crippen LogP contribution is -2.00. The minimum absolute atomic E-state index is 0.484. The zero-order valence-corrected chi connectivity index (χ0v) is 14.1. The van der Waals surface area contributed by atoms with Crippen molar-refractivity contribution in [1.29, 1.82) is 0 Å². The fraction of sp³-hybridized carbons (Fsp3) is 0.278. The standard InChI is InChI=1S/C18H16N2O3S/c1-22-13-7-6-11(9-21)8-14(13)23-17-16-12-4-2-3-5-15(12)24-18(16)20-10-19-17/h6-10H,2-5H2,1H3. The Morgan fingerprint density at radius 3 is 2.88 bits per heavy atom. The van der Waals surface area contributed by atoms with E-state index in [2.05, 4.69) is 9.97 Å². The molecule has 0 unspecified atom stereocenters. The summed E-state index contributed by atoms with van der Waals surface area (Å²) in [5.74, 6) is 1.58. The molecule has 0 saturated carbocycles. The predicted molar refractivity (Wildman–Crippen MR) is 92.5 cm³/mol. The topological polar surface area (TPSA) is 61.3 Å². The van der Waals surface area contributed by atoms with Gasteiger partial charge in [-0.05, 0) is 49.4 Å². The molecule has 0 spiro atoms. The van der Waals surface area contributed by atoms with E-state index in [1.54, 1.807) is 36.6 Å². The van der Waals surface area contributed by atoms with Crippen LogP contribution in [0.4, 0.5) is 0 Å². The second-order valence-electron chi connectivity index (χ2n) is 5.70. The molecule has 0 bridgehead atoms. The van der Waals surface area contributed by atoms with Crippen LogP contribution in [0.5, 0.6) is 17.4 Å². The van der Waals surface area contributed by atoms with Gasteiger partial charge in [0.15, 0.2) is 11.5 Å². The van der Waals surface area contributed by atoms with E-state index >= 15 is 0 Å². The van der Waals surface area contributed by atoms with E-state index in [-0.39, 0.29) is 0 Å². The molecule has 0 aliphatic heterocycles. The molecule has 122 valence electrons. The van der Waals surface area contributed by atoms with Crippen LogP contribution in [0.25, 0.3) is 10.2 Å². The molecule has 0 fully saturated rings. The maximum Gasteiger partial charge on any atom is 0.231 e. The Labute approximate surface area is 143 Å². The van der Waals surface area contributed by atoms with Crippen molar-refractivity contribution in [2.45, 2.75) is 25.7 Å². The second kappa shape index (κ2) is 6.20. The average Bonchev–Trinajstić information content (AvgIpc) is 3.01. The van der Waals surface area contributed by atoms with Crippen LogP contribution < -0.4 is 9.47 Å². The summed E-state index contributed by atoms with van der Waals surface area (Å²) in [6.45, 7) is 0. The molecule has 0 radical (unpaired) electrons. The zero-order chi connectivity index (χ0) is 16.5. The summed E-state index contributed by atoms with van der Waals surface area (Å²) >= 11 is 1.72. The Hall–Kier alpha value is -2.47. The third-order valence-electron chi connectivity index (χ3n) is 4.25. The van der Waals surface area contributed by atoms with Crippen molar-refractivity contribution in [3.8, 4) is 17.4 Å². The van der Waals surface area contributed by atoms with Gasteiger partial charge in [-0.2, -0.15) is 0 Å². The SMILES string of the molecule is COc1ccc(C=O)cc1Oc1ncnc2sc3c(c12)CCCC3. The summed E-state index contributed by atoms with van der Waals surface area (Å²) in [5, 5.41) is 0.996. The molecule has 0 N–H and O–H groups in total. The summed E-state index contributed by atoms with van der Waals surface area (Å²) in [6, 6.07) is 5.08.